The maximum atomic E-state index is 9.41. The molecule has 0 unspecified atom stereocenters. The zero-order valence-electron chi connectivity index (χ0n) is 3.46. The fourth-order valence-corrected chi connectivity index (χ4v) is 0.0430. The Balaban J connectivity index is 3.81. The maximum Gasteiger partial charge on any atom is 0.301 e. The van der Waals surface area contributed by atoms with Crippen LogP contribution in [0.15, 0.2) is 12.3 Å². The lowest BCUT2D eigenvalue weighted by Gasteiger charge is -1.77. The highest BCUT2D eigenvalue weighted by Crippen LogP contribution is 1.80. The molecule has 0 atom stereocenters. The number of allylic oxidation sites excluding steroid dienone is 1. The zero-order chi connectivity index (χ0) is 5.86. The van der Waals surface area contributed by atoms with Gasteiger partial charge in [-0.25, -0.2) is 0 Å². The standard InChI is InChI=1S/C3H3NO3/c1-3(2-5)4(6)7/h2H,1H2. The van der Waals surface area contributed by atoms with E-state index in [1.807, 2.05) is 0 Å². The third kappa shape index (κ3) is 1.64. The lowest BCUT2D eigenvalue weighted by atomic mass is 10.6. The van der Waals surface area contributed by atoms with Crippen LogP contribution >= 0.6 is 0 Å². The second-order valence-electron chi connectivity index (χ2n) is 0.866. The summed E-state index contributed by atoms with van der Waals surface area (Å²) < 4.78 is 0. The summed E-state index contributed by atoms with van der Waals surface area (Å²) in [5.41, 5.74) is -0.611. The summed E-state index contributed by atoms with van der Waals surface area (Å²) in [7, 11) is 0. The zero-order valence-corrected chi connectivity index (χ0v) is 3.46. The number of carbonyl (C=O) groups excluding carboxylic acids is 1. The second-order valence-corrected chi connectivity index (χ2v) is 0.866. The number of hydrogen-bond acceptors (Lipinski definition) is 3. The Kier molecular flexibility index (Phi) is 1.72. The SMILES string of the molecule is C=C(C=O)[N+](=O)[O-]. The Bertz CT molecular complexity index is 117. The van der Waals surface area contributed by atoms with E-state index in [1.165, 1.54) is 0 Å². The minimum atomic E-state index is -0.840. The second kappa shape index (κ2) is 2.07. The fourth-order valence-electron chi connectivity index (χ4n) is 0.0430. The van der Waals surface area contributed by atoms with Crippen LogP contribution < -0.4 is 0 Å². The molecule has 0 aromatic rings. The predicted molar refractivity (Wildman–Crippen MR) is 22.2 cm³/mol. The first kappa shape index (κ1) is 5.81. The van der Waals surface area contributed by atoms with Crippen LogP contribution in [-0.4, -0.2) is 11.2 Å². The van der Waals surface area contributed by atoms with E-state index in [2.05, 4.69) is 6.58 Å². The van der Waals surface area contributed by atoms with Gasteiger partial charge in [0.1, 0.15) is 0 Å². The summed E-state index contributed by atoms with van der Waals surface area (Å²) in [5.74, 6) is 0. The van der Waals surface area contributed by atoms with Gasteiger partial charge in [-0.05, 0) is 6.58 Å². The number of nitrogens with zero attached hydrogens (tertiary/aromatic N) is 1. The highest BCUT2D eigenvalue weighted by Gasteiger charge is 1.99. The Morgan fingerprint density at radius 3 is 2.29 bits per heavy atom. The third-order valence-corrected chi connectivity index (χ3v) is 0.371. The fraction of sp³-hybridized carbons (Fsp3) is 0. The first-order valence-corrected chi connectivity index (χ1v) is 1.47. The molecule has 0 aliphatic heterocycles. The summed E-state index contributed by atoms with van der Waals surface area (Å²) >= 11 is 0. The Labute approximate surface area is 39.6 Å². The van der Waals surface area contributed by atoms with Crippen LogP contribution in [0.1, 0.15) is 0 Å². The smallest absolute Gasteiger partial charge is 0.291 e. The predicted octanol–water partition coefficient (Wildman–Crippen LogP) is -0.0243. The largest absolute Gasteiger partial charge is 0.301 e. The van der Waals surface area contributed by atoms with Gasteiger partial charge in [0.05, 0.1) is 4.92 Å². The molecule has 0 radical (unpaired) electrons. The summed E-state index contributed by atoms with van der Waals surface area (Å²) in [6.07, 6.45) is 0.0972. The van der Waals surface area contributed by atoms with Gasteiger partial charge in [-0.1, -0.05) is 0 Å². The van der Waals surface area contributed by atoms with Crippen molar-refractivity contribution in [3.63, 3.8) is 0 Å². The molecule has 0 bridgehead atoms. The topological polar surface area (TPSA) is 60.2 Å². The monoisotopic (exact) mass is 101 g/mol. The van der Waals surface area contributed by atoms with E-state index >= 15 is 0 Å². The minimum absolute atomic E-state index is 0.0972. The van der Waals surface area contributed by atoms with E-state index in [4.69, 9.17) is 0 Å². The molecule has 0 spiro atoms. The molecule has 0 amide bonds. The van der Waals surface area contributed by atoms with E-state index in [-0.39, 0.29) is 6.29 Å². The number of aldehydes is 1. The molecule has 0 aliphatic rings. The van der Waals surface area contributed by atoms with Crippen LogP contribution in [0.5, 0.6) is 0 Å². The molecule has 4 nitrogen and oxygen atoms in total. The van der Waals surface area contributed by atoms with Gasteiger partial charge in [-0.3, -0.25) is 14.9 Å². The molecule has 0 aromatic heterocycles. The number of rotatable bonds is 2. The van der Waals surface area contributed by atoms with E-state index in [0.717, 1.165) is 0 Å². The van der Waals surface area contributed by atoms with Gasteiger partial charge in [0.25, 0.3) is 0 Å². The van der Waals surface area contributed by atoms with Crippen LogP contribution in [0.2, 0.25) is 0 Å². The van der Waals surface area contributed by atoms with Gasteiger partial charge in [-0.2, -0.15) is 0 Å². The normalized spacial score (nSPS) is 7.43. The molecule has 0 saturated carbocycles. The van der Waals surface area contributed by atoms with Crippen LogP contribution in [0, 0.1) is 10.1 Å². The average Bonchev–Trinajstić information content (AvgIpc) is 1.65. The molecule has 0 heterocycles. The van der Waals surface area contributed by atoms with Crippen LogP contribution in [0.4, 0.5) is 0 Å². The first-order chi connectivity index (χ1) is 3.18. The van der Waals surface area contributed by atoms with Crippen molar-refractivity contribution in [3.8, 4) is 0 Å². The van der Waals surface area contributed by atoms with Crippen LogP contribution in [0.3, 0.4) is 0 Å². The Hall–Kier alpha value is -1.19. The van der Waals surface area contributed by atoms with Gasteiger partial charge in [0.2, 0.25) is 6.29 Å². The van der Waals surface area contributed by atoms with Crippen molar-refractivity contribution in [2.45, 2.75) is 0 Å². The summed E-state index contributed by atoms with van der Waals surface area (Å²) in [6.45, 7) is 2.81. The van der Waals surface area contributed by atoms with Crippen molar-refractivity contribution in [3.05, 3.63) is 22.4 Å². The Morgan fingerprint density at radius 2 is 2.29 bits per heavy atom. The van der Waals surface area contributed by atoms with E-state index in [1.54, 1.807) is 0 Å². The van der Waals surface area contributed by atoms with Gasteiger partial charge in [-0.15, -0.1) is 0 Å². The molecule has 0 aromatic carbocycles. The van der Waals surface area contributed by atoms with Crippen molar-refractivity contribution >= 4 is 6.29 Å². The molecule has 0 fully saturated rings. The third-order valence-electron chi connectivity index (χ3n) is 0.371. The molecular weight excluding hydrogens is 98.0 g/mol. The van der Waals surface area contributed by atoms with Crippen molar-refractivity contribution in [1.29, 1.82) is 0 Å². The van der Waals surface area contributed by atoms with Crippen molar-refractivity contribution in [1.82, 2.24) is 0 Å². The number of hydrogen-bond donors (Lipinski definition) is 0. The lowest BCUT2D eigenvalue weighted by molar-refractivity contribution is -0.416. The average molecular weight is 101 g/mol. The molecule has 0 saturated heterocycles. The number of carbonyl (C=O) groups is 1. The first-order valence-electron chi connectivity index (χ1n) is 1.47. The molecular formula is C3H3NO3. The van der Waals surface area contributed by atoms with Crippen molar-refractivity contribution in [2.75, 3.05) is 0 Å². The quantitative estimate of drug-likeness (QED) is 0.212. The van der Waals surface area contributed by atoms with E-state index < -0.39 is 10.6 Å². The summed E-state index contributed by atoms with van der Waals surface area (Å²) in [5, 5.41) is 9.41. The summed E-state index contributed by atoms with van der Waals surface area (Å²) in [4.78, 5) is 18.0. The number of nitro groups is 1. The van der Waals surface area contributed by atoms with Gasteiger partial charge < -0.3 is 0 Å². The molecule has 4 heteroatoms. The lowest BCUT2D eigenvalue weighted by Crippen LogP contribution is -1.95. The van der Waals surface area contributed by atoms with Crippen molar-refractivity contribution < 1.29 is 9.72 Å². The molecule has 38 valence electrons. The molecule has 0 rings (SSSR count). The maximum absolute atomic E-state index is 9.41. The molecule has 0 N–H and O–H groups in total. The highest BCUT2D eigenvalue weighted by molar-refractivity contribution is 5.68. The van der Waals surface area contributed by atoms with E-state index in [0.29, 0.717) is 0 Å². The van der Waals surface area contributed by atoms with Gasteiger partial charge in [0.15, 0.2) is 0 Å². The van der Waals surface area contributed by atoms with E-state index in [9.17, 15) is 14.9 Å². The highest BCUT2D eigenvalue weighted by atomic mass is 16.6. The van der Waals surface area contributed by atoms with Crippen LogP contribution in [0.25, 0.3) is 0 Å². The van der Waals surface area contributed by atoms with Crippen LogP contribution in [-0.2, 0) is 4.79 Å². The molecule has 7 heavy (non-hydrogen) atoms. The van der Waals surface area contributed by atoms with Gasteiger partial charge >= 0.3 is 5.70 Å². The minimum Gasteiger partial charge on any atom is -0.291 e. The molecule has 0 aliphatic carbocycles. The Morgan fingerprint density at radius 1 is 1.86 bits per heavy atom. The van der Waals surface area contributed by atoms with Crippen molar-refractivity contribution in [2.24, 2.45) is 0 Å². The summed E-state index contributed by atoms with van der Waals surface area (Å²) in [6, 6.07) is 0. The van der Waals surface area contributed by atoms with Gasteiger partial charge in [0, 0.05) is 0 Å².